The van der Waals surface area contributed by atoms with Crippen LogP contribution in [0.15, 0.2) is 51.1 Å². The lowest BCUT2D eigenvalue weighted by molar-refractivity contribution is -0.156. The molecule has 5 heteroatoms. The fourth-order valence-corrected chi connectivity index (χ4v) is 6.73. The van der Waals surface area contributed by atoms with Gasteiger partial charge in [0.25, 0.3) is 0 Å². The third-order valence-corrected chi connectivity index (χ3v) is 8.36. The van der Waals surface area contributed by atoms with Gasteiger partial charge in [-0.15, -0.1) is 0 Å². The number of hydrogen-bond acceptors (Lipinski definition) is 2. The van der Waals surface area contributed by atoms with Gasteiger partial charge in [0.1, 0.15) is 0 Å². The Labute approximate surface area is 146 Å². The Hall–Kier alpha value is -2.30. The van der Waals surface area contributed by atoms with Crippen LogP contribution in [0.2, 0.25) is 0 Å². The first-order valence-corrected chi connectivity index (χ1v) is 8.94. The van der Waals surface area contributed by atoms with Crippen molar-refractivity contribution in [1.82, 2.24) is 13.9 Å². The maximum Gasteiger partial charge on any atom is 0.352 e. The molecule has 4 atom stereocenters. The van der Waals surface area contributed by atoms with Gasteiger partial charge in [0.2, 0.25) is 0 Å². The quantitative estimate of drug-likeness (QED) is 0.751. The Balaban J connectivity index is 1.83. The Bertz CT molecular complexity index is 1090. The van der Waals surface area contributed by atoms with E-state index in [-0.39, 0.29) is 27.7 Å². The Morgan fingerprint density at radius 1 is 1.00 bits per heavy atom. The first-order valence-electron chi connectivity index (χ1n) is 8.94. The number of benzene rings is 1. The second-order valence-electron chi connectivity index (χ2n) is 8.32. The van der Waals surface area contributed by atoms with Crippen LogP contribution < -0.4 is 11.4 Å². The monoisotopic (exact) mass is 337 g/mol. The highest BCUT2D eigenvalue weighted by atomic mass is 16.2. The fourth-order valence-electron chi connectivity index (χ4n) is 6.73. The number of nitrogens with zero attached hydrogens (tertiary/aromatic N) is 3. The number of para-hydroxylation sites is 1. The van der Waals surface area contributed by atoms with Crippen molar-refractivity contribution < 1.29 is 0 Å². The van der Waals surface area contributed by atoms with E-state index in [9.17, 15) is 9.59 Å². The molecule has 1 fully saturated rings. The first kappa shape index (κ1) is 15.0. The van der Waals surface area contributed by atoms with Crippen LogP contribution in [0, 0.1) is 16.7 Å². The number of aromatic nitrogens is 3. The lowest BCUT2D eigenvalue weighted by Gasteiger charge is -2.65. The molecule has 1 aromatic heterocycles. The van der Waals surface area contributed by atoms with E-state index in [0.717, 1.165) is 0 Å². The highest BCUT2D eigenvalue weighted by molar-refractivity contribution is 5.52. The molecule has 2 heterocycles. The van der Waals surface area contributed by atoms with Crippen LogP contribution in [0.4, 0.5) is 0 Å². The minimum Gasteiger partial charge on any atom is -0.246 e. The first-order chi connectivity index (χ1) is 11.7. The van der Waals surface area contributed by atoms with E-state index in [1.54, 1.807) is 9.36 Å². The van der Waals surface area contributed by atoms with Crippen molar-refractivity contribution in [2.45, 2.75) is 46.7 Å². The molecule has 1 saturated carbocycles. The summed E-state index contributed by atoms with van der Waals surface area (Å²) in [7, 11) is 0. The molecule has 0 saturated heterocycles. The van der Waals surface area contributed by atoms with Gasteiger partial charge in [-0.1, -0.05) is 43.2 Å². The average molecular weight is 337 g/mol. The van der Waals surface area contributed by atoms with E-state index in [2.05, 4.69) is 34.6 Å². The number of allylic oxidation sites excluding steroid dienone is 2. The maximum atomic E-state index is 13.3. The molecular weight excluding hydrogens is 314 g/mol. The van der Waals surface area contributed by atoms with Gasteiger partial charge >= 0.3 is 11.4 Å². The van der Waals surface area contributed by atoms with Gasteiger partial charge in [-0.2, -0.15) is 0 Å². The minimum atomic E-state index is -0.371. The predicted molar refractivity (Wildman–Crippen MR) is 96.0 cm³/mol. The van der Waals surface area contributed by atoms with E-state index >= 15 is 0 Å². The van der Waals surface area contributed by atoms with Gasteiger partial charge in [0, 0.05) is 10.8 Å². The Kier molecular flexibility index (Phi) is 2.35. The Morgan fingerprint density at radius 2 is 1.64 bits per heavy atom. The summed E-state index contributed by atoms with van der Waals surface area (Å²) in [5.74, 6) is 0.432. The molecule has 2 bridgehead atoms. The van der Waals surface area contributed by atoms with Crippen LogP contribution in [0.5, 0.6) is 0 Å². The summed E-state index contributed by atoms with van der Waals surface area (Å²) in [4.78, 5) is 26.4. The van der Waals surface area contributed by atoms with Crippen LogP contribution in [0.3, 0.4) is 0 Å². The predicted octanol–water partition coefficient (Wildman–Crippen LogP) is 2.52. The zero-order valence-electron chi connectivity index (χ0n) is 15.3. The molecule has 0 unspecified atom stereocenters. The van der Waals surface area contributed by atoms with E-state index in [4.69, 9.17) is 0 Å². The lowest BCUT2D eigenvalue weighted by atomic mass is 9.39. The topological polar surface area (TPSA) is 48.9 Å². The lowest BCUT2D eigenvalue weighted by Crippen LogP contribution is -2.70. The van der Waals surface area contributed by atoms with Crippen LogP contribution in [-0.2, 0) is 12.1 Å². The molecule has 0 N–H and O–H groups in total. The molecule has 1 aromatic carbocycles. The minimum absolute atomic E-state index is 0.0888. The van der Waals surface area contributed by atoms with E-state index in [1.165, 1.54) is 15.7 Å². The summed E-state index contributed by atoms with van der Waals surface area (Å²) in [6.45, 7) is 11.7. The molecular formula is C20H23N3O2. The molecule has 6 rings (SSSR count). The van der Waals surface area contributed by atoms with Crippen molar-refractivity contribution in [1.29, 1.82) is 0 Å². The molecule has 2 aromatic rings. The van der Waals surface area contributed by atoms with Crippen LogP contribution in [0.25, 0.3) is 5.69 Å². The molecule has 1 aliphatic heterocycles. The van der Waals surface area contributed by atoms with Crippen molar-refractivity contribution >= 4 is 0 Å². The largest absolute Gasteiger partial charge is 0.352 e. The summed E-state index contributed by atoms with van der Waals surface area (Å²) in [5, 5.41) is 0. The summed E-state index contributed by atoms with van der Waals surface area (Å²) >= 11 is 0. The van der Waals surface area contributed by atoms with Gasteiger partial charge in [0.15, 0.2) is 0 Å². The molecule has 5 nitrogen and oxygen atoms in total. The van der Waals surface area contributed by atoms with Gasteiger partial charge in [-0.25, -0.2) is 23.5 Å². The van der Waals surface area contributed by atoms with E-state index in [1.807, 2.05) is 30.3 Å². The highest BCUT2D eigenvalue weighted by Gasteiger charge is 2.84. The van der Waals surface area contributed by atoms with Crippen LogP contribution >= 0.6 is 0 Å². The second-order valence-corrected chi connectivity index (χ2v) is 8.32. The molecule has 0 radical (unpaired) electrons. The summed E-state index contributed by atoms with van der Waals surface area (Å²) in [6, 6.07) is 9.21. The van der Waals surface area contributed by atoms with Crippen molar-refractivity contribution in [3.8, 4) is 5.69 Å². The standard InChI is InChI=1S/C20H23N3O2/c1-12-13(2)20-11-21-16(24)22(15-9-7-6-8-10-15)17(25)23(21)19(20,5)18(12,4)14(20)3/h6-10,14H,11H2,1-5H3/t14-,18+,19+,20+/m0/s1. The second kappa shape index (κ2) is 3.92. The average Bonchev–Trinajstić information content (AvgIpc) is 3.11. The fraction of sp³-hybridized carbons (Fsp3) is 0.500. The number of rotatable bonds is 1. The van der Waals surface area contributed by atoms with Crippen LogP contribution in [0.1, 0.15) is 34.6 Å². The normalized spacial score (nSPS) is 37.9. The summed E-state index contributed by atoms with van der Waals surface area (Å²) < 4.78 is 4.77. The zero-order chi connectivity index (χ0) is 17.9. The van der Waals surface area contributed by atoms with Crippen molar-refractivity contribution in [2.75, 3.05) is 0 Å². The zero-order valence-corrected chi connectivity index (χ0v) is 15.3. The van der Waals surface area contributed by atoms with Gasteiger partial charge < -0.3 is 0 Å². The van der Waals surface area contributed by atoms with E-state index in [0.29, 0.717) is 18.2 Å². The van der Waals surface area contributed by atoms with E-state index < -0.39 is 0 Å². The molecule has 25 heavy (non-hydrogen) atoms. The molecule has 1 spiro atoms. The molecule has 0 amide bonds. The summed E-state index contributed by atoms with van der Waals surface area (Å²) in [5.41, 5.74) is 2.37. The van der Waals surface area contributed by atoms with Crippen molar-refractivity contribution in [3.63, 3.8) is 0 Å². The van der Waals surface area contributed by atoms with Gasteiger partial charge in [-0.3, -0.25) is 0 Å². The summed E-state index contributed by atoms with van der Waals surface area (Å²) in [6.07, 6.45) is 0. The maximum absolute atomic E-state index is 13.3. The third-order valence-electron chi connectivity index (χ3n) is 8.36. The smallest absolute Gasteiger partial charge is 0.246 e. The molecule has 130 valence electrons. The Morgan fingerprint density at radius 3 is 2.24 bits per heavy atom. The number of hydrogen-bond donors (Lipinski definition) is 0. The molecule has 4 aliphatic rings. The SMILES string of the molecule is CC1=C(C)[C@@]23Cn4c(=O)n(-c5ccccc5)c(=O)n4[C@]2(C)[C@@]1(C)[C@@H]3C. The number of fused-ring (bicyclic) bond motifs is 1. The van der Waals surface area contributed by atoms with Crippen LogP contribution in [-0.4, -0.2) is 13.9 Å². The van der Waals surface area contributed by atoms with Crippen molar-refractivity contribution in [3.05, 3.63) is 62.4 Å². The van der Waals surface area contributed by atoms with Crippen molar-refractivity contribution in [2.24, 2.45) is 16.7 Å². The van der Waals surface area contributed by atoms with Gasteiger partial charge in [0.05, 0.1) is 17.8 Å². The molecule has 3 aliphatic carbocycles. The third kappa shape index (κ3) is 1.12. The van der Waals surface area contributed by atoms with Gasteiger partial charge in [-0.05, 0) is 38.8 Å². The highest BCUT2D eigenvalue weighted by Crippen LogP contribution is 2.82.